The van der Waals surface area contributed by atoms with E-state index >= 15 is 0 Å². The van der Waals surface area contributed by atoms with Gasteiger partial charge >= 0.3 is 13.1 Å². The highest BCUT2D eigenvalue weighted by atomic mass is 32.2. The third-order valence-corrected chi connectivity index (χ3v) is 6.19. The Hall–Kier alpha value is -1.51. The molecular formula is C20H30BNO5S. The summed E-state index contributed by atoms with van der Waals surface area (Å²) in [6.45, 7) is 15.4. The number of aromatic nitrogens is 1. The summed E-state index contributed by atoms with van der Waals surface area (Å²) >= 11 is 1.21. The maximum absolute atomic E-state index is 12.2. The van der Waals surface area contributed by atoms with Gasteiger partial charge in [0.1, 0.15) is 5.69 Å². The fourth-order valence-electron chi connectivity index (χ4n) is 2.93. The Labute approximate surface area is 171 Å². The van der Waals surface area contributed by atoms with Gasteiger partial charge in [0.2, 0.25) is 0 Å². The first-order chi connectivity index (χ1) is 12.9. The summed E-state index contributed by atoms with van der Waals surface area (Å²) in [7, 11) is -0.559. The van der Waals surface area contributed by atoms with Gasteiger partial charge in [-0.2, -0.15) is 0 Å². The molecule has 1 aliphatic rings. The summed E-state index contributed by atoms with van der Waals surface area (Å²) in [5.41, 5.74) is 2.88. The molecule has 0 bridgehead atoms. The van der Waals surface area contributed by atoms with E-state index in [0.717, 1.165) is 22.3 Å². The summed E-state index contributed by atoms with van der Waals surface area (Å²) in [5.74, 6) is 0.0726. The largest absolute Gasteiger partial charge is 0.491 e. The molecule has 0 saturated carbocycles. The molecule has 0 spiro atoms. The lowest BCUT2D eigenvalue weighted by molar-refractivity contribution is -0.109. The van der Waals surface area contributed by atoms with Gasteiger partial charge in [0.15, 0.2) is 5.12 Å². The summed E-state index contributed by atoms with van der Waals surface area (Å²) in [6, 6.07) is 0. The number of esters is 1. The van der Waals surface area contributed by atoms with E-state index in [-0.39, 0.29) is 11.1 Å². The van der Waals surface area contributed by atoms with Crippen molar-refractivity contribution < 1.29 is 23.6 Å². The fourth-order valence-corrected chi connectivity index (χ4v) is 3.52. The van der Waals surface area contributed by atoms with Crippen LogP contribution in [0, 0.1) is 13.8 Å². The lowest BCUT2D eigenvalue weighted by Gasteiger charge is -2.32. The SMILES string of the molecule is CCOC(=O)c1[nH]c(C)c(C=C(CSC(C)=O)B2OC(C)(C)C(C)(C)O2)c1C. The van der Waals surface area contributed by atoms with Crippen molar-refractivity contribution in [3.8, 4) is 0 Å². The van der Waals surface area contributed by atoms with Crippen molar-refractivity contribution in [3.63, 3.8) is 0 Å². The van der Waals surface area contributed by atoms with E-state index < -0.39 is 18.3 Å². The summed E-state index contributed by atoms with van der Waals surface area (Å²) in [6.07, 6.45) is 1.96. The molecule has 0 amide bonds. The molecule has 0 aromatic carbocycles. The van der Waals surface area contributed by atoms with Gasteiger partial charge in [-0.15, -0.1) is 0 Å². The third kappa shape index (κ3) is 4.72. The zero-order valence-corrected chi connectivity index (χ0v) is 18.8. The van der Waals surface area contributed by atoms with Crippen LogP contribution >= 0.6 is 11.8 Å². The molecule has 6 nitrogen and oxygen atoms in total. The van der Waals surface area contributed by atoms with Crippen LogP contribution in [0.5, 0.6) is 0 Å². The fraction of sp³-hybridized carbons (Fsp3) is 0.600. The highest BCUT2D eigenvalue weighted by molar-refractivity contribution is 8.13. The van der Waals surface area contributed by atoms with E-state index in [1.165, 1.54) is 18.7 Å². The van der Waals surface area contributed by atoms with Crippen molar-refractivity contribution in [2.24, 2.45) is 0 Å². The van der Waals surface area contributed by atoms with E-state index in [1.54, 1.807) is 6.92 Å². The Balaban J connectivity index is 2.43. The molecule has 2 rings (SSSR count). The van der Waals surface area contributed by atoms with Crippen molar-refractivity contribution in [1.82, 2.24) is 4.98 Å². The monoisotopic (exact) mass is 407 g/mol. The van der Waals surface area contributed by atoms with Gasteiger partial charge in [0.25, 0.3) is 0 Å². The molecule has 8 heteroatoms. The Morgan fingerprint density at radius 3 is 2.25 bits per heavy atom. The van der Waals surface area contributed by atoms with E-state index in [0.29, 0.717) is 18.1 Å². The van der Waals surface area contributed by atoms with Gasteiger partial charge in [0, 0.05) is 18.4 Å². The maximum Gasteiger partial charge on any atom is 0.491 e. The van der Waals surface area contributed by atoms with Crippen LogP contribution in [0.4, 0.5) is 0 Å². The van der Waals surface area contributed by atoms with Crippen LogP contribution in [-0.4, -0.2) is 46.7 Å². The molecule has 1 saturated heterocycles. The molecule has 0 unspecified atom stereocenters. The van der Waals surface area contributed by atoms with Crippen LogP contribution in [0.3, 0.4) is 0 Å². The zero-order chi connectivity index (χ0) is 21.3. The normalized spacial score (nSPS) is 18.4. The number of rotatable bonds is 6. The second-order valence-corrected chi connectivity index (χ2v) is 9.12. The Morgan fingerprint density at radius 2 is 1.75 bits per heavy atom. The summed E-state index contributed by atoms with van der Waals surface area (Å²) < 4.78 is 17.5. The number of thioether (sulfide) groups is 1. The molecule has 1 fully saturated rings. The highest BCUT2D eigenvalue weighted by Gasteiger charge is 2.52. The first kappa shape index (κ1) is 22.8. The number of nitrogens with one attached hydrogen (secondary N) is 1. The maximum atomic E-state index is 12.2. The van der Waals surface area contributed by atoms with Crippen LogP contribution in [0.25, 0.3) is 6.08 Å². The third-order valence-electron chi connectivity index (χ3n) is 5.30. The Bertz CT molecular complexity index is 781. The first-order valence-electron chi connectivity index (χ1n) is 9.45. The second-order valence-electron chi connectivity index (χ2n) is 7.97. The predicted molar refractivity (Wildman–Crippen MR) is 113 cm³/mol. The quantitative estimate of drug-likeness (QED) is 0.565. The van der Waals surface area contributed by atoms with Crippen LogP contribution < -0.4 is 0 Å². The molecule has 1 aromatic heterocycles. The van der Waals surface area contributed by atoms with Gasteiger partial charge in [-0.3, -0.25) is 4.79 Å². The zero-order valence-electron chi connectivity index (χ0n) is 18.0. The van der Waals surface area contributed by atoms with Crippen molar-refractivity contribution in [1.29, 1.82) is 0 Å². The minimum atomic E-state index is -0.559. The lowest BCUT2D eigenvalue weighted by Crippen LogP contribution is -2.41. The van der Waals surface area contributed by atoms with E-state index in [2.05, 4.69) is 4.98 Å². The van der Waals surface area contributed by atoms with Gasteiger partial charge < -0.3 is 19.0 Å². The molecule has 28 heavy (non-hydrogen) atoms. The minimum Gasteiger partial charge on any atom is -0.461 e. The van der Waals surface area contributed by atoms with Crippen LogP contribution in [0.15, 0.2) is 5.47 Å². The van der Waals surface area contributed by atoms with Crippen LogP contribution in [-0.2, 0) is 18.8 Å². The molecule has 1 aromatic rings. The predicted octanol–water partition coefficient (Wildman–Crippen LogP) is 4.10. The topological polar surface area (TPSA) is 77.6 Å². The minimum absolute atomic E-state index is 0.0251. The molecule has 1 aliphatic heterocycles. The number of carbonyl (C=O) groups is 2. The molecule has 0 radical (unpaired) electrons. The average molecular weight is 407 g/mol. The number of H-pyrrole nitrogens is 1. The van der Waals surface area contributed by atoms with Crippen molar-refractivity contribution in [2.45, 2.75) is 66.6 Å². The smallest absolute Gasteiger partial charge is 0.461 e. The number of ether oxygens (including phenoxy) is 1. The van der Waals surface area contributed by atoms with Gasteiger partial charge in [0.05, 0.1) is 17.8 Å². The van der Waals surface area contributed by atoms with Gasteiger partial charge in [-0.1, -0.05) is 17.8 Å². The lowest BCUT2D eigenvalue weighted by atomic mass is 9.78. The Morgan fingerprint density at radius 1 is 1.18 bits per heavy atom. The molecule has 154 valence electrons. The summed E-state index contributed by atoms with van der Waals surface area (Å²) in [5, 5.41) is 0.0251. The van der Waals surface area contributed by atoms with E-state index in [9.17, 15) is 9.59 Å². The highest BCUT2D eigenvalue weighted by Crippen LogP contribution is 2.39. The van der Waals surface area contributed by atoms with Gasteiger partial charge in [-0.05, 0) is 65.1 Å². The Kier molecular flexibility index (Phi) is 6.89. The van der Waals surface area contributed by atoms with Gasteiger partial charge in [-0.25, -0.2) is 4.79 Å². The number of aromatic amines is 1. The number of carbonyl (C=O) groups excluding carboxylic acids is 2. The molecule has 2 heterocycles. The van der Waals surface area contributed by atoms with Crippen LogP contribution in [0.2, 0.25) is 0 Å². The van der Waals surface area contributed by atoms with Crippen molar-refractivity contribution >= 4 is 36.0 Å². The average Bonchev–Trinajstić information content (AvgIpc) is 2.96. The van der Waals surface area contributed by atoms with E-state index in [4.69, 9.17) is 14.0 Å². The van der Waals surface area contributed by atoms with Crippen LogP contribution in [0.1, 0.15) is 68.9 Å². The molecule has 1 N–H and O–H groups in total. The second kappa shape index (κ2) is 8.47. The molecule has 0 aliphatic carbocycles. The summed E-state index contributed by atoms with van der Waals surface area (Å²) in [4.78, 5) is 26.9. The standard InChI is InChI=1S/C20H30BNO5S/c1-9-25-18(24)17-12(2)16(13(3)22-17)10-15(11-28-14(4)23)21-26-19(5,6)20(7,8)27-21/h10,22H,9,11H2,1-8H3. The molecule has 0 atom stereocenters. The number of hydrogen-bond donors (Lipinski definition) is 1. The van der Waals surface area contributed by atoms with Crippen molar-refractivity contribution in [2.75, 3.05) is 12.4 Å². The number of hydrogen-bond acceptors (Lipinski definition) is 6. The molecular weight excluding hydrogens is 377 g/mol. The van der Waals surface area contributed by atoms with Crippen molar-refractivity contribution in [3.05, 3.63) is 28.0 Å². The first-order valence-corrected chi connectivity index (χ1v) is 10.4. The van der Waals surface area contributed by atoms with E-state index in [1.807, 2.05) is 47.6 Å². The number of aryl methyl sites for hydroxylation is 1.